The Morgan fingerprint density at radius 2 is 2.31 bits per heavy atom. The molecule has 1 aliphatic rings. The van der Waals surface area contributed by atoms with Gasteiger partial charge in [0.15, 0.2) is 0 Å². The van der Waals surface area contributed by atoms with Gasteiger partial charge in [-0.2, -0.15) is 0 Å². The Balaban J connectivity index is 2.07. The highest BCUT2D eigenvalue weighted by molar-refractivity contribution is 5.10. The lowest BCUT2D eigenvalue weighted by Crippen LogP contribution is -2.48. The van der Waals surface area contributed by atoms with E-state index in [0.29, 0.717) is 0 Å². The molecule has 16 heavy (non-hydrogen) atoms. The molecule has 0 bridgehead atoms. The van der Waals surface area contributed by atoms with E-state index in [1.54, 1.807) is 0 Å². The molecule has 3 heteroatoms. The summed E-state index contributed by atoms with van der Waals surface area (Å²) in [6.45, 7) is 8.09. The lowest BCUT2D eigenvalue weighted by atomic mass is 9.97. The largest absolute Gasteiger partial charge is 0.464 e. The van der Waals surface area contributed by atoms with Crippen molar-refractivity contribution < 1.29 is 9.15 Å². The normalized spacial score (nSPS) is 30.6. The molecule has 90 valence electrons. The first-order valence-corrected chi connectivity index (χ1v) is 6.08. The van der Waals surface area contributed by atoms with Crippen LogP contribution in [0.1, 0.15) is 44.3 Å². The van der Waals surface area contributed by atoms with Crippen molar-refractivity contribution in [1.29, 1.82) is 0 Å². The van der Waals surface area contributed by atoms with Crippen LogP contribution in [0, 0.1) is 6.92 Å². The highest BCUT2D eigenvalue weighted by atomic mass is 16.5. The number of rotatable bonds is 3. The predicted molar refractivity (Wildman–Crippen MR) is 63.5 cm³/mol. The van der Waals surface area contributed by atoms with E-state index in [0.717, 1.165) is 37.5 Å². The van der Waals surface area contributed by atoms with Gasteiger partial charge in [-0.25, -0.2) is 0 Å². The Labute approximate surface area is 97.2 Å². The zero-order chi connectivity index (χ0) is 11.6. The fourth-order valence-electron chi connectivity index (χ4n) is 2.36. The zero-order valence-corrected chi connectivity index (χ0v) is 10.4. The molecule has 2 unspecified atom stereocenters. The van der Waals surface area contributed by atoms with Crippen molar-refractivity contribution in [3.8, 4) is 0 Å². The number of nitrogens with one attached hydrogen (secondary N) is 1. The van der Waals surface area contributed by atoms with Crippen molar-refractivity contribution in [3.63, 3.8) is 0 Å². The second-order valence-electron chi connectivity index (χ2n) is 4.89. The molecule has 0 radical (unpaired) electrons. The van der Waals surface area contributed by atoms with Gasteiger partial charge in [0.1, 0.15) is 17.6 Å². The van der Waals surface area contributed by atoms with E-state index in [1.807, 2.05) is 19.1 Å². The molecule has 0 aromatic carbocycles. The van der Waals surface area contributed by atoms with Crippen LogP contribution in [0.3, 0.4) is 0 Å². The van der Waals surface area contributed by atoms with Crippen LogP contribution in [0.4, 0.5) is 0 Å². The fourth-order valence-corrected chi connectivity index (χ4v) is 2.36. The second-order valence-corrected chi connectivity index (χ2v) is 4.89. The first kappa shape index (κ1) is 11.7. The van der Waals surface area contributed by atoms with E-state index < -0.39 is 0 Å². The van der Waals surface area contributed by atoms with Gasteiger partial charge in [0.05, 0.1) is 5.60 Å². The highest BCUT2D eigenvalue weighted by Gasteiger charge is 2.33. The van der Waals surface area contributed by atoms with Crippen LogP contribution < -0.4 is 5.32 Å². The first-order valence-electron chi connectivity index (χ1n) is 6.08. The Hall–Kier alpha value is -0.800. The van der Waals surface area contributed by atoms with Crippen LogP contribution in [0.5, 0.6) is 0 Å². The molecular weight excluding hydrogens is 202 g/mol. The number of morpholine rings is 1. The number of hydrogen-bond acceptors (Lipinski definition) is 3. The van der Waals surface area contributed by atoms with E-state index in [1.165, 1.54) is 0 Å². The molecule has 0 amide bonds. The van der Waals surface area contributed by atoms with E-state index in [9.17, 15) is 0 Å². The van der Waals surface area contributed by atoms with Gasteiger partial charge < -0.3 is 14.5 Å². The summed E-state index contributed by atoms with van der Waals surface area (Å²) >= 11 is 0. The summed E-state index contributed by atoms with van der Waals surface area (Å²) in [7, 11) is 0. The third-order valence-electron chi connectivity index (χ3n) is 3.11. The Bertz CT molecular complexity index is 343. The molecule has 1 saturated heterocycles. The van der Waals surface area contributed by atoms with Crippen LogP contribution in [0.25, 0.3) is 0 Å². The molecule has 1 aliphatic heterocycles. The second kappa shape index (κ2) is 4.60. The molecule has 3 nitrogen and oxygen atoms in total. The minimum absolute atomic E-state index is 0.0546. The van der Waals surface area contributed by atoms with E-state index >= 15 is 0 Å². The SMILES string of the molecule is CCCC1(C)CNCC(c2ccc(C)o2)O1. The lowest BCUT2D eigenvalue weighted by molar-refractivity contribution is -0.118. The highest BCUT2D eigenvalue weighted by Crippen LogP contribution is 2.30. The molecular formula is C13H21NO2. The molecule has 0 saturated carbocycles. The molecule has 1 aromatic rings. The minimum atomic E-state index is -0.0572. The van der Waals surface area contributed by atoms with Gasteiger partial charge in [-0.3, -0.25) is 0 Å². The van der Waals surface area contributed by atoms with E-state index in [2.05, 4.69) is 19.2 Å². The van der Waals surface area contributed by atoms with Gasteiger partial charge in [-0.05, 0) is 32.4 Å². The average Bonchev–Trinajstić information content (AvgIpc) is 2.65. The van der Waals surface area contributed by atoms with Crippen molar-refractivity contribution >= 4 is 0 Å². The van der Waals surface area contributed by atoms with Gasteiger partial charge in [-0.1, -0.05) is 13.3 Å². The predicted octanol–water partition coefficient (Wildman–Crippen LogP) is 2.81. The molecule has 2 heterocycles. The molecule has 0 aliphatic carbocycles. The van der Waals surface area contributed by atoms with E-state index in [4.69, 9.17) is 9.15 Å². The van der Waals surface area contributed by atoms with Gasteiger partial charge in [0.2, 0.25) is 0 Å². The third-order valence-corrected chi connectivity index (χ3v) is 3.11. The molecule has 2 atom stereocenters. The molecule has 0 spiro atoms. The van der Waals surface area contributed by atoms with Gasteiger partial charge in [0.25, 0.3) is 0 Å². The number of ether oxygens (including phenoxy) is 1. The van der Waals surface area contributed by atoms with Crippen molar-refractivity contribution in [2.24, 2.45) is 0 Å². The quantitative estimate of drug-likeness (QED) is 0.855. The van der Waals surface area contributed by atoms with Crippen molar-refractivity contribution in [3.05, 3.63) is 23.7 Å². The van der Waals surface area contributed by atoms with Crippen molar-refractivity contribution in [1.82, 2.24) is 5.32 Å². The smallest absolute Gasteiger partial charge is 0.134 e. The van der Waals surface area contributed by atoms with E-state index in [-0.39, 0.29) is 11.7 Å². The maximum atomic E-state index is 6.16. The van der Waals surface area contributed by atoms with Crippen LogP contribution in [0.15, 0.2) is 16.5 Å². The van der Waals surface area contributed by atoms with Gasteiger partial charge >= 0.3 is 0 Å². The van der Waals surface area contributed by atoms with Crippen LogP contribution in [0.2, 0.25) is 0 Å². The topological polar surface area (TPSA) is 34.4 Å². The summed E-state index contributed by atoms with van der Waals surface area (Å²) in [5, 5.41) is 3.43. The molecule has 1 aromatic heterocycles. The van der Waals surface area contributed by atoms with Crippen LogP contribution >= 0.6 is 0 Å². The van der Waals surface area contributed by atoms with Crippen molar-refractivity contribution in [2.75, 3.05) is 13.1 Å². The molecule has 1 fully saturated rings. The fraction of sp³-hybridized carbons (Fsp3) is 0.692. The number of hydrogen-bond donors (Lipinski definition) is 1. The average molecular weight is 223 g/mol. The van der Waals surface area contributed by atoms with Crippen LogP contribution in [-0.2, 0) is 4.74 Å². The summed E-state index contributed by atoms with van der Waals surface area (Å²) in [4.78, 5) is 0. The summed E-state index contributed by atoms with van der Waals surface area (Å²) < 4.78 is 11.8. The zero-order valence-electron chi connectivity index (χ0n) is 10.4. The summed E-state index contributed by atoms with van der Waals surface area (Å²) in [5.74, 6) is 1.88. The summed E-state index contributed by atoms with van der Waals surface area (Å²) in [6, 6.07) is 4.00. The van der Waals surface area contributed by atoms with Gasteiger partial charge in [-0.15, -0.1) is 0 Å². The minimum Gasteiger partial charge on any atom is -0.464 e. The lowest BCUT2D eigenvalue weighted by Gasteiger charge is -2.38. The Morgan fingerprint density at radius 1 is 1.50 bits per heavy atom. The maximum Gasteiger partial charge on any atom is 0.134 e. The molecule has 1 N–H and O–H groups in total. The standard InChI is InChI=1S/C13H21NO2/c1-4-7-13(3)9-14-8-12(16-13)11-6-5-10(2)15-11/h5-6,12,14H,4,7-9H2,1-3H3. The Morgan fingerprint density at radius 3 is 2.94 bits per heavy atom. The van der Waals surface area contributed by atoms with Crippen LogP contribution in [-0.4, -0.2) is 18.7 Å². The molecule has 2 rings (SSSR count). The summed E-state index contributed by atoms with van der Waals surface area (Å²) in [5.41, 5.74) is -0.0572. The monoisotopic (exact) mass is 223 g/mol. The first-order chi connectivity index (χ1) is 7.63. The number of aryl methyl sites for hydroxylation is 1. The number of furan rings is 1. The van der Waals surface area contributed by atoms with Gasteiger partial charge in [0, 0.05) is 13.1 Å². The van der Waals surface area contributed by atoms with Crippen molar-refractivity contribution in [2.45, 2.75) is 45.3 Å². The summed E-state index contributed by atoms with van der Waals surface area (Å²) in [6.07, 6.45) is 2.28. The third kappa shape index (κ3) is 2.47. The Kier molecular flexibility index (Phi) is 3.36. The maximum absolute atomic E-state index is 6.16.